The number of benzene rings is 2. The molecule has 30 heavy (non-hydrogen) atoms. The fourth-order valence-electron chi connectivity index (χ4n) is 3.87. The minimum atomic E-state index is -4.36. The van der Waals surface area contributed by atoms with E-state index in [1.807, 2.05) is 12.1 Å². The zero-order valence-corrected chi connectivity index (χ0v) is 16.7. The van der Waals surface area contributed by atoms with Crippen LogP contribution in [0.25, 0.3) is 10.9 Å². The molecule has 1 aromatic heterocycles. The molecule has 7 heteroatoms. The van der Waals surface area contributed by atoms with Gasteiger partial charge in [0.05, 0.1) is 11.1 Å². The molecule has 0 radical (unpaired) electrons. The van der Waals surface area contributed by atoms with Crippen molar-refractivity contribution in [3.05, 3.63) is 66.4 Å². The van der Waals surface area contributed by atoms with Gasteiger partial charge in [0.25, 0.3) is 0 Å². The Labute approximate surface area is 174 Å². The number of piperazine rings is 1. The zero-order valence-electron chi connectivity index (χ0n) is 16.7. The van der Waals surface area contributed by atoms with E-state index in [9.17, 15) is 13.2 Å². The SMILES string of the molecule is FC(F)(F)c1ccc2c(NCCCN3CCN(c4ccccc4)CC3)ccnc2c1. The molecule has 0 aliphatic carbocycles. The van der Waals surface area contributed by atoms with Gasteiger partial charge in [0.1, 0.15) is 0 Å². The van der Waals surface area contributed by atoms with E-state index in [0.29, 0.717) is 10.9 Å². The van der Waals surface area contributed by atoms with E-state index in [-0.39, 0.29) is 0 Å². The fourth-order valence-corrected chi connectivity index (χ4v) is 3.87. The molecule has 2 aromatic carbocycles. The summed E-state index contributed by atoms with van der Waals surface area (Å²) < 4.78 is 38.7. The Morgan fingerprint density at radius 3 is 2.43 bits per heavy atom. The van der Waals surface area contributed by atoms with E-state index in [1.54, 1.807) is 6.20 Å². The summed E-state index contributed by atoms with van der Waals surface area (Å²) in [5.41, 5.74) is 1.78. The van der Waals surface area contributed by atoms with Gasteiger partial charge in [0.15, 0.2) is 0 Å². The number of hydrogen-bond acceptors (Lipinski definition) is 4. The number of para-hydroxylation sites is 1. The molecule has 1 aliphatic rings. The zero-order chi connectivity index (χ0) is 21.0. The second-order valence-corrected chi connectivity index (χ2v) is 7.53. The van der Waals surface area contributed by atoms with E-state index in [4.69, 9.17) is 0 Å². The number of aromatic nitrogens is 1. The highest BCUT2D eigenvalue weighted by Gasteiger charge is 2.30. The average molecular weight is 414 g/mol. The summed E-state index contributed by atoms with van der Waals surface area (Å²) >= 11 is 0. The molecule has 0 spiro atoms. The fraction of sp³-hybridized carbons (Fsp3) is 0.348. The van der Waals surface area contributed by atoms with Crippen LogP contribution in [0.15, 0.2) is 60.8 Å². The Hall–Kier alpha value is -2.80. The molecule has 158 valence electrons. The van der Waals surface area contributed by atoms with Crippen LogP contribution in [0.2, 0.25) is 0 Å². The summed E-state index contributed by atoms with van der Waals surface area (Å²) in [7, 11) is 0. The lowest BCUT2D eigenvalue weighted by Crippen LogP contribution is -2.46. The highest BCUT2D eigenvalue weighted by molar-refractivity contribution is 5.91. The summed E-state index contributed by atoms with van der Waals surface area (Å²) in [6, 6.07) is 16.0. The number of hydrogen-bond donors (Lipinski definition) is 1. The number of nitrogens with one attached hydrogen (secondary N) is 1. The van der Waals surface area contributed by atoms with Crippen LogP contribution in [-0.4, -0.2) is 49.2 Å². The van der Waals surface area contributed by atoms with E-state index in [2.05, 4.69) is 44.4 Å². The molecule has 4 nitrogen and oxygen atoms in total. The van der Waals surface area contributed by atoms with E-state index in [1.165, 1.54) is 11.8 Å². The maximum absolute atomic E-state index is 12.9. The van der Waals surface area contributed by atoms with Crippen molar-refractivity contribution in [1.29, 1.82) is 0 Å². The highest BCUT2D eigenvalue weighted by Crippen LogP contribution is 2.32. The quantitative estimate of drug-likeness (QED) is 0.583. The lowest BCUT2D eigenvalue weighted by molar-refractivity contribution is -0.137. The Morgan fingerprint density at radius 2 is 1.70 bits per heavy atom. The molecule has 1 aliphatic heterocycles. The third kappa shape index (κ3) is 4.84. The normalized spacial score (nSPS) is 15.5. The second kappa shape index (κ2) is 8.92. The van der Waals surface area contributed by atoms with Gasteiger partial charge in [0.2, 0.25) is 0 Å². The van der Waals surface area contributed by atoms with Crippen molar-refractivity contribution in [2.24, 2.45) is 0 Å². The van der Waals surface area contributed by atoms with Crippen LogP contribution in [0, 0.1) is 0 Å². The number of alkyl halides is 3. The highest BCUT2D eigenvalue weighted by atomic mass is 19.4. The molecule has 2 heterocycles. The Bertz CT molecular complexity index is 967. The van der Waals surface area contributed by atoms with Gasteiger partial charge in [-0.25, -0.2) is 0 Å². The van der Waals surface area contributed by atoms with E-state index < -0.39 is 11.7 Å². The first kappa shape index (κ1) is 20.5. The van der Waals surface area contributed by atoms with Crippen molar-refractivity contribution in [3.8, 4) is 0 Å². The lowest BCUT2D eigenvalue weighted by atomic mass is 10.1. The van der Waals surface area contributed by atoms with Crippen LogP contribution >= 0.6 is 0 Å². The topological polar surface area (TPSA) is 31.4 Å². The molecular weight excluding hydrogens is 389 g/mol. The van der Waals surface area contributed by atoms with Crippen LogP contribution in [0.3, 0.4) is 0 Å². The van der Waals surface area contributed by atoms with Crippen molar-refractivity contribution in [3.63, 3.8) is 0 Å². The van der Waals surface area contributed by atoms with Crippen molar-refractivity contribution < 1.29 is 13.2 Å². The summed E-state index contributed by atoms with van der Waals surface area (Å²) in [4.78, 5) is 8.97. The predicted octanol–water partition coefficient (Wildman–Crippen LogP) is 4.88. The third-order valence-electron chi connectivity index (χ3n) is 5.53. The molecule has 0 saturated carbocycles. The second-order valence-electron chi connectivity index (χ2n) is 7.53. The number of pyridine rings is 1. The van der Waals surface area contributed by atoms with Gasteiger partial charge in [-0.1, -0.05) is 24.3 Å². The molecule has 1 fully saturated rings. The average Bonchev–Trinajstić information content (AvgIpc) is 2.77. The molecule has 1 saturated heterocycles. The Kier molecular flexibility index (Phi) is 6.08. The van der Waals surface area contributed by atoms with Crippen molar-refractivity contribution in [2.45, 2.75) is 12.6 Å². The van der Waals surface area contributed by atoms with Crippen LogP contribution in [0.4, 0.5) is 24.5 Å². The van der Waals surface area contributed by atoms with Gasteiger partial charge in [-0.15, -0.1) is 0 Å². The third-order valence-corrected chi connectivity index (χ3v) is 5.53. The van der Waals surface area contributed by atoms with Gasteiger partial charge >= 0.3 is 6.18 Å². The summed E-state index contributed by atoms with van der Waals surface area (Å²) in [5.74, 6) is 0. The minimum absolute atomic E-state index is 0.354. The minimum Gasteiger partial charge on any atom is -0.384 e. The van der Waals surface area contributed by atoms with Crippen molar-refractivity contribution in [1.82, 2.24) is 9.88 Å². The largest absolute Gasteiger partial charge is 0.416 e. The molecule has 1 N–H and O–H groups in total. The maximum atomic E-state index is 12.9. The summed E-state index contributed by atoms with van der Waals surface area (Å²) in [6.45, 7) is 5.87. The standard InChI is InChI=1S/C23H25F3N4/c24-23(25,26)18-7-8-20-21(9-11-28-22(20)17-18)27-10-4-12-29-13-15-30(16-14-29)19-5-2-1-3-6-19/h1-3,5-9,11,17H,4,10,12-16H2,(H,27,28). The summed E-state index contributed by atoms with van der Waals surface area (Å²) in [5, 5.41) is 4.07. The Morgan fingerprint density at radius 1 is 0.933 bits per heavy atom. The molecule has 0 amide bonds. The maximum Gasteiger partial charge on any atom is 0.416 e. The predicted molar refractivity (Wildman–Crippen MR) is 115 cm³/mol. The van der Waals surface area contributed by atoms with Crippen LogP contribution in [-0.2, 0) is 6.18 Å². The van der Waals surface area contributed by atoms with Gasteiger partial charge < -0.3 is 10.2 Å². The lowest BCUT2D eigenvalue weighted by Gasteiger charge is -2.36. The van der Waals surface area contributed by atoms with E-state index >= 15 is 0 Å². The Balaban J connectivity index is 1.26. The number of fused-ring (bicyclic) bond motifs is 1. The monoisotopic (exact) mass is 414 g/mol. The van der Waals surface area contributed by atoms with Gasteiger partial charge in [0, 0.05) is 55.7 Å². The van der Waals surface area contributed by atoms with Crippen LogP contribution < -0.4 is 10.2 Å². The molecule has 4 rings (SSSR count). The molecule has 0 bridgehead atoms. The first-order valence-corrected chi connectivity index (χ1v) is 10.2. The van der Waals surface area contributed by atoms with Crippen LogP contribution in [0.5, 0.6) is 0 Å². The van der Waals surface area contributed by atoms with Gasteiger partial charge in [-0.3, -0.25) is 9.88 Å². The van der Waals surface area contributed by atoms with Gasteiger partial charge in [-0.05, 0) is 43.3 Å². The number of nitrogens with zero attached hydrogens (tertiary/aromatic N) is 3. The van der Waals surface area contributed by atoms with Crippen molar-refractivity contribution >= 4 is 22.3 Å². The molecule has 3 aromatic rings. The molecule has 0 atom stereocenters. The molecule has 0 unspecified atom stereocenters. The van der Waals surface area contributed by atoms with Crippen molar-refractivity contribution in [2.75, 3.05) is 49.5 Å². The molecular formula is C23H25F3N4. The number of anilines is 2. The first-order chi connectivity index (χ1) is 14.5. The van der Waals surface area contributed by atoms with Crippen LogP contribution in [0.1, 0.15) is 12.0 Å². The smallest absolute Gasteiger partial charge is 0.384 e. The number of rotatable bonds is 6. The van der Waals surface area contributed by atoms with E-state index in [0.717, 1.165) is 63.5 Å². The first-order valence-electron chi connectivity index (χ1n) is 10.2. The summed E-state index contributed by atoms with van der Waals surface area (Å²) in [6.07, 6.45) is -1.84. The number of halogens is 3. The van der Waals surface area contributed by atoms with Gasteiger partial charge in [-0.2, -0.15) is 13.2 Å².